The third kappa shape index (κ3) is 4.07. The van der Waals surface area contributed by atoms with Crippen molar-refractivity contribution in [1.82, 2.24) is 9.80 Å². The maximum Gasteiger partial charge on any atom is 0.244 e. The highest BCUT2D eigenvalue weighted by molar-refractivity contribution is 6.32. The first kappa shape index (κ1) is 20.8. The van der Waals surface area contributed by atoms with Crippen molar-refractivity contribution in [3.8, 4) is 5.75 Å². The molecule has 2 aromatic carbocycles. The lowest BCUT2D eigenvalue weighted by molar-refractivity contribution is -0.124. The summed E-state index contributed by atoms with van der Waals surface area (Å²) in [6.07, 6.45) is 4.34. The molecular formula is C25H30ClN3O2. The Balaban J connectivity index is 1.16. The van der Waals surface area contributed by atoms with Gasteiger partial charge in [0.1, 0.15) is 5.75 Å². The molecule has 3 saturated heterocycles. The van der Waals surface area contributed by atoms with Crippen molar-refractivity contribution in [3.05, 3.63) is 59.1 Å². The van der Waals surface area contributed by atoms with E-state index in [1.54, 1.807) is 7.11 Å². The molecule has 5 rings (SSSR count). The fourth-order valence-electron chi connectivity index (χ4n) is 5.56. The molecule has 2 atom stereocenters. The van der Waals surface area contributed by atoms with Crippen molar-refractivity contribution in [2.45, 2.75) is 43.8 Å². The molecule has 0 unspecified atom stereocenters. The quantitative estimate of drug-likeness (QED) is 0.685. The number of anilines is 1. The molecule has 3 aliphatic heterocycles. The second kappa shape index (κ2) is 8.81. The molecule has 164 valence electrons. The Bertz CT molecular complexity index is 930. The standard InChI is InChI=1S/C25H30ClN3O2/c1-31-24-8-7-20(15-22(24)26)29-21-16-23(25(29)30)28(17-21)19-10-13-27(14-11-19)12-9-18-5-3-2-4-6-18/h2-8,15,19,21,23H,9-14,16-17H2,1H3/t21-,23-/m0/s1. The van der Waals surface area contributed by atoms with Crippen LogP contribution in [0.4, 0.5) is 5.69 Å². The molecule has 0 aliphatic carbocycles. The van der Waals surface area contributed by atoms with Crippen LogP contribution in [0.5, 0.6) is 5.75 Å². The monoisotopic (exact) mass is 439 g/mol. The van der Waals surface area contributed by atoms with E-state index in [2.05, 4.69) is 40.1 Å². The second-order valence-corrected chi connectivity index (χ2v) is 9.34. The Hall–Kier alpha value is -2.08. The van der Waals surface area contributed by atoms with E-state index in [4.69, 9.17) is 16.3 Å². The summed E-state index contributed by atoms with van der Waals surface area (Å²) >= 11 is 6.31. The summed E-state index contributed by atoms with van der Waals surface area (Å²) in [6.45, 7) is 4.33. The number of halogens is 1. The highest BCUT2D eigenvalue weighted by Gasteiger charge is 2.52. The summed E-state index contributed by atoms with van der Waals surface area (Å²) in [5, 5.41) is 0.551. The highest BCUT2D eigenvalue weighted by Crippen LogP contribution is 2.40. The van der Waals surface area contributed by atoms with Gasteiger partial charge in [-0.1, -0.05) is 41.9 Å². The van der Waals surface area contributed by atoms with Gasteiger partial charge in [-0.15, -0.1) is 0 Å². The van der Waals surface area contributed by atoms with Gasteiger partial charge < -0.3 is 14.5 Å². The number of piperazine rings is 1. The Morgan fingerprint density at radius 1 is 1.06 bits per heavy atom. The van der Waals surface area contributed by atoms with E-state index in [0.717, 1.165) is 57.5 Å². The zero-order valence-corrected chi connectivity index (χ0v) is 18.8. The lowest BCUT2D eigenvalue weighted by Gasteiger charge is -2.42. The number of hydrogen-bond donors (Lipinski definition) is 0. The van der Waals surface area contributed by atoms with Gasteiger partial charge in [-0.3, -0.25) is 9.69 Å². The van der Waals surface area contributed by atoms with E-state index in [1.807, 2.05) is 23.1 Å². The van der Waals surface area contributed by atoms with Gasteiger partial charge in [-0.05, 0) is 62.5 Å². The number of carbonyl (C=O) groups excluding carboxylic acids is 1. The van der Waals surface area contributed by atoms with Crippen LogP contribution in [-0.2, 0) is 11.2 Å². The zero-order valence-electron chi connectivity index (χ0n) is 18.0. The van der Waals surface area contributed by atoms with Gasteiger partial charge >= 0.3 is 0 Å². The number of carbonyl (C=O) groups is 1. The van der Waals surface area contributed by atoms with Crippen molar-refractivity contribution in [2.24, 2.45) is 0 Å². The Morgan fingerprint density at radius 2 is 1.84 bits per heavy atom. The molecule has 31 heavy (non-hydrogen) atoms. The third-order valence-corrected chi connectivity index (χ3v) is 7.50. The van der Waals surface area contributed by atoms with Gasteiger partial charge in [0.05, 0.1) is 24.2 Å². The van der Waals surface area contributed by atoms with Crippen molar-refractivity contribution < 1.29 is 9.53 Å². The van der Waals surface area contributed by atoms with Crippen LogP contribution in [0.2, 0.25) is 5.02 Å². The first-order valence-corrected chi connectivity index (χ1v) is 11.7. The molecule has 3 heterocycles. The number of ether oxygens (including phenoxy) is 1. The van der Waals surface area contributed by atoms with Crippen molar-refractivity contribution in [1.29, 1.82) is 0 Å². The van der Waals surface area contributed by atoms with Crippen LogP contribution in [0, 0.1) is 0 Å². The summed E-state index contributed by atoms with van der Waals surface area (Å²) in [5.41, 5.74) is 2.30. The van der Waals surface area contributed by atoms with Crippen LogP contribution < -0.4 is 9.64 Å². The lowest BCUT2D eigenvalue weighted by atomic mass is 10.0. The first-order valence-electron chi connectivity index (χ1n) is 11.3. The molecule has 6 heteroatoms. The van der Waals surface area contributed by atoms with Crippen molar-refractivity contribution in [3.63, 3.8) is 0 Å². The van der Waals surface area contributed by atoms with E-state index < -0.39 is 0 Å². The van der Waals surface area contributed by atoms with E-state index in [0.29, 0.717) is 16.8 Å². The van der Waals surface area contributed by atoms with Gasteiger partial charge in [0.15, 0.2) is 0 Å². The predicted molar refractivity (Wildman–Crippen MR) is 124 cm³/mol. The minimum atomic E-state index is 0.0201. The minimum absolute atomic E-state index is 0.0201. The maximum absolute atomic E-state index is 13.2. The molecular weight excluding hydrogens is 410 g/mol. The summed E-state index contributed by atoms with van der Waals surface area (Å²) in [7, 11) is 1.61. The number of piperidine rings is 1. The minimum Gasteiger partial charge on any atom is -0.495 e. The molecule has 0 N–H and O–H groups in total. The van der Waals surface area contributed by atoms with Crippen LogP contribution in [-0.4, -0.2) is 67.1 Å². The van der Waals surface area contributed by atoms with Crippen LogP contribution >= 0.6 is 11.6 Å². The number of hydrogen-bond acceptors (Lipinski definition) is 4. The fourth-order valence-corrected chi connectivity index (χ4v) is 5.81. The predicted octanol–water partition coefficient (Wildman–Crippen LogP) is 3.85. The van der Waals surface area contributed by atoms with Crippen LogP contribution in [0.15, 0.2) is 48.5 Å². The average molecular weight is 440 g/mol. The van der Waals surface area contributed by atoms with E-state index >= 15 is 0 Å². The van der Waals surface area contributed by atoms with E-state index in [-0.39, 0.29) is 18.0 Å². The number of methoxy groups -OCH3 is 1. The molecule has 1 amide bonds. The first-order chi connectivity index (χ1) is 15.1. The van der Waals surface area contributed by atoms with Crippen LogP contribution in [0.3, 0.4) is 0 Å². The van der Waals surface area contributed by atoms with Crippen LogP contribution in [0.1, 0.15) is 24.8 Å². The SMILES string of the molecule is COc1ccc(N2C(=O)[C@@H]3C[C@H]2CN3C2CCN(CCc3ccccc3)CC2)cc1Cl. The van der Waals surface area contributed by atoms with Gasteiger partial charge in [0, 0.05) is 24.8 Å². The molecule has 0 saturated carbocycles. The van der Waals surface area contributed by atoms with E-state index in [9.17, 15) is 4.79 Å². The molecule has 2 bridgehead atoms. The van der Waals surface area contributed by atoms with Gasteiger partial charge in [0.2, 0.25) is 5.91 Å². The zero-order chi connectivity index (χ0) is 21.4. The van der Waals surface area contributed by atoms with Crippen LogP contribution in [0.25, 0.3) is 0 Å². The molecule has 0 radical (unpaired) electrons. The lowest BCUT2D eigenvalue weighted by Crippen LogP contribution is -2.56. The summed E-state index contributed by atoms with van der Waals surface area (Å²) < 4.78 is 5.25. The number of benzene rings is 2. The second-order valence-electron chi connectivity index (χ2n) is 8.94. The third-order valence-electron chi connectivity index (χ3n) is 7.20. The fraction of sp³-hybridized carbons (Fsp3) is 0.480. The van der Waals surface area contributed by atoms with E-state index in [1.165, 1.54) is 5.56 Å². The number of nitrogens with zero attached hydrogens (tertiary/aromatic N) is 3. The number of likely N-dealkylation sites (tertiary alicyclic amines) is 2. The normalized spacial score (nSPS) is 24.8. The summed E-state index contributed by atoms with van der Waals surface area (Å²) in [4.78, 5) is 20.2. The largest absolute Gasteiger partial charge is 0.495 e. The topological polar surface area (TPSA) is 36.0 Å². The molecule has 5 nitrogen and oxygen atoms in total. The Labute approximate surface area is 189 Å². The molecule has 2 aromatic rings. The molecule has 3 aliphatic rings. The van der Waals surface area contributed by atoms with Gasteiger partial charge in [-0.25, -0.2) is 0 Å². The number of amides is 1. The highest BCUT2D eigenvalue weighted by atomic mass is 35.5. The number of fused-ring (bicyclic) bond motifs is 2. The van der Waals surface area contributed by atoms with Crippen molar-refractivity contribution in [2.75, 3.05) is 38.2 Å². The number of rotatable bonds is 6. The molecule has 3 fully saturated rings. The average Bonchev–Trinajstić information content (AvgIpc) is 3.37. The summed E-state index contributed by atoms with van der Waals surface area (Å²) in [6, 6.07) is 17.2. The molecule has 0 spiro atoms. The Kier molecular flexibility index (Phi) is 5.91. The smallest absolute Gasteiger partial charge is 0.244 e. The van der Waals surface area contributed by atoms with Crippen molar-refractivity contribution >= 4 is 23.2 Å². The molecule has 0 aromatic heterocycles. The van der Waals surface area contributed by atoms with Gasteiger partial charge in [0.25, 0.3) is 0 Å². The summed E-state index contributed by atoms with van der Waals surface area (Å²) in [5.74, 6) is 0.867. The Morgan fingerprint density at radius 3 is 2.52 bits per heavy atom. The maximum atomic E-state index is 13.2. The van der Waals surface area contributed by atoms with Gasteiger partial charge in [-0.2, -0.15) is 0 Å².